The second-order valence-corrected chi connectivity index (χ2v) is 19.4. The van der Waals surface area contributed by atoms with Gasteiger partial charge in [0.25, 0.3) is 0 Å². The van der Waals surface area contributed by atoms with Crippen LogP contribution in [0.25, 0.3) is 90.6 Å². The van der Waals surface area contributed by atoms with Crippen molar-refractivity contribution in [1.82, 2.24) is 29.9 Å². The van der Waals surface area contributed by atoms with E-state index >= 15 is 0 Å². The Labute approximate surface area is 412 Å². The van der Waals surface area contributed by atoms with Gasteiger partial charge in [-0.25, -0.2) is 29.9 Å². The lowest BCUT2D eigenvalue weighted by atomic mass is 9.61. The van der Waals surface area contributed by atoms with Gasteiger partial charge in [-0.1, -0.05) is 208 Å². The summed E-state index contributed by atoms with van der Waals surface area (Å²) < 4.78 is 0. The third-order valence-electron chi connectivity index (χ3n) is 15.0. The van der Waals surface area contributed by atoms with Crippen LogP contribution < -0.4 is 0 Å². The Bertz CT molecular complexity index is 3860. The molecule has 0 saturated carbocycles. The Balaban J connectivity index is 0.867. The quantitative estimate of drug-likeness (QED) is 0.159. The van der Waals surface area contributed by atoms with Gasteiger partial charge in [0.2, 0.25) is 0 Å². The Morgan fingerprint density at radius 1 is 0.254 bits per heavy atom. The van der Waals surface area contributed by atoms with Crippen molar-refractivity contribution in [2.24, 2.45) is 0 Å². The van der Waals surface area contributed by atoms with Gasteiger partial charge in [0.15, 0.2) is 34.9 Å². The smallest absolute Gasteiger partial charge is 0.164 e. The van der Waals surface area contributed by atoms with Gasteiger partial charge in [-0.05, 0) is 91.0 Å². The van der Waals surface area contributed by atoms with Gasteiger partial charge in [0.05, 0.1) is 0 Å². The molecule has 71 heavy (non-hydrogen) atoms. The van der Waals surface area contributed by atoms with Crippen LogP contribution in [0.1, 0.15) is 70.2 Å². The molecule has 0 saturated heterocycles. The molecule has 0 spiro atoms. The molecule has 4 aliphatic carbocycles. The average Bonchev–Trinajstić information content (AvgIpc) is 3.68. The normalized spacial score (nSPS) is 15.3. The third kappa shape index (κ3) is 6.70. The van der Waals surface area contributed by atoms with E-state index in [2.05, 4.69) is 178 Å². The van der Waals surface area contributed by atoms with Crippen molar-refractivity contribution in [2.45, 2.75) is 31.1 Å². The Hall–Kier alpha value is -9.00. The van der Waals surface area contributed by atoms with Crippen LogP contribution in [0, 0.1) is 0 Å². The number of aromatic nitrogens is 6. The van der Waals surface area contributed by atoms with Gasteiger partial charge in [-0.3, -0.25) is 0 Å². The maximum atomic E-state index is 5.30. The predicted molar refractivity (Wildman–Crippen MR) is 284 cm³/mol. The zero-order chi connectivity index (χ0) is 47.2. The predicted octanol–water partition coefficient (Wildman–Crippen LogP) is 15.0. The molecule has 2 unspecified atom stereocenters. The molecule has 0 amide bonds. The van der Waals surface area contributed by atoms with E-state index in [9.17, 15) is 0 Å². The van der Waals surface area contributed by atoms with Gasteiger partial charge >= 0.3 is 0 Å². The van der Waals surface area contributed by atoms with E-state index < -0.39 is 0 Å². The summed E-state index contributed by atoms with van der Waals surface area (Å²) in [4.78, 5) is 30.9. The van der Waals surface area contributed by atoms with Crippen LogP contribution in [0.15, 0.2) is 218 Å². The molecule has 4 aliphatic rings. The molecule has 2 bridgehead atoms. The highest BCUT2D eigenvalue weighted by molar-refractivity contribution is 5.85. The number of rotatable bonds is 7. The molecule has 11 aromatic rings. The fraction of sp³-hybridized carbons (Fsp3) is 0.0769. The standard InChI is InChI=1S/C65H44N6/c1-65(2)55-28-15-14-25-47(55)52-36-43(31-34-56(52)65)42-23-16-24-44(35-42)62-67-61(41-21-10-5-11-22-41)70-64(71-62)46-30-33-51-54(38-46)58-49-27-13-12-26-48(49)57(51)53-37-45(29-32-50(53)58)63-68-59(39-17-6-3-7-18-39)66-60(69-63)40-19-8-4-9-20-40/h3-38,57-58H,1-2H3. The second kappa shape index (κ2) is 16.0. The maximum absolute atomic E-state index is 5.30. The first-order valence-corrected chi connectivity index (χ1v) is 24.3. The molecule has 2 heterocycles. The van der Waals surface area contributed by atoms with Crippen molar-refractivity contribution in [3.63, 3.8) is 0 Å². The van der Waals surface area contributed by atoms with E-state index in [1.807, 2.05) is 54.6 Å². The van der Waals surface area contributed by atoms with Gasteiger partial charge < -0.3 is 0 Å². The topological polar surface area (TPSA) is 77.3 Å². The van der Waals surface area contributed by atoms with Crippen LogP contribution in [-0.4, -0.2) is 29.9 Å². The van der Waals surface area contributed by atoms with Crippen LogP contribution in [0.2, 0.25) is 0 Å². The highest BCUT2D eigenvalue weighted by Crippen LogP contribution is 2.57. The molecule has 15 rings (SSSR count). The summed E-state index contributed by atoms with van der Waals surface area (Å²) in [5.41, 5.74) is 21.0. The van der Waals surface area contributed by atoms with Crippen molar-refractivity contribution in [3.05, 3.63) is 263 Å². The summed E-state index contributed by atoms with van der Waals surface area (Å²) >= 11 is 0. The lowest BCUT2D eigenvalue weighted by Gasteiger charge is -2.42. The van der Waals surface area contributed by atoms with Gasteiger partial charge in [-0.15, -0.1) is 0 Å². The molecule has 6 nitrogen and oxygen atoms in total. The van der Waals surface area contributed by atoms with E-state index in [0.29, 0.717) is 34.9 Å². The van der Waals surface area contributed by atoms with Gasteiger partial charge in [-0.2, -0.15) is 0 Å². The molecular formula is C65H44N6. The van der Waals surface area contributed by atoms with E-state index in [-0.39, 0.29) is 17.3 Å². The van der Waals surface area contributed by atoms with Crippen molar-refractivity contribution >= 4 is 0 Å². The first-order chi connectivity index (χ1) is 34.9. The number of fused-ring (bicyclic) bond motifs is 3. The zero-order valence-electron chi connectivity index (χ0n) is 39.1. The van der Waals surface area contributed by atoms with E-state index in [4.69, 9.17) is 29.9 Å². The number of nitrogens with zero attached hydrogens (tertiary/aromatic N) is 6. The van der Waals surface area contributed by atoms with Crippen molar-refractivity contribution < 1.29 is 0 Å². The summed E-state index contributed by atoms with van der Waals surface area (Å²) in [7, 11) is 0. The van der Waals surface area contributed by atoms with E-state index in [1.165, 1.54) is 55.6 Å². The fourth-order valence-corrected chi connectivity index (χ4v) is 11.5. The summed E-state index contributed by atoms with van der Waals surface area (Å²) in [5, 5.41) is 0. The minimum Gasteiger partial charge on any atom is -0.208 e. The molecule has 0 radical (unpaired) electrons. The fourth-order valence-electron chi connectivity index (χ4n) is 11.5. The van der Waals surface area contributed by atoms with Crippen molar-refractivity contribution in [3.8, 4) is 90.6 Å². The second-order valence-electron chi connectivity index (χ2n) is 19.4. The lowest BCUT2D eigenvalue weighted by Crippen LogP contribution is -2.27. The van der Waals surface area contributed by atoms with Crippen LogP contribution in [0.4, 0.5) is 0 Å². The number of hydrogen-bond donors (Lipinski definition) is 0. The van der Waals surface area contributed by atoms with Gasteiger partial charge in [0.1, 0.15) is 0 Å². The monoisotopic (exact) mass is 908 g/mol. The van der Waals surface area contributed by atoms with Crippen LogP contribution in [-0.2, 0) is 5.41 Å². The largest absolute Gasteiger partial charge is 0.208 e. The molecule has 0 fully saturated rings. The molecule has 0 N–H and O–H groups in total. The SMILES string of the molecule is CC1(C)c2ccccc2-c2cc(-c3cccc(-c4nc(-c5ccccc5)nc(-c5ccc6c(c5)C5c7ccccc7C6c6cc(-c7nc(-c8ccccc8)nc(-c8ccccc8)n7)ccc65)n4)c3)ccc21. The lowest BCUT2D eigenvalue weighted by molar-refractivity contribution is 0.660. The van der Waals surface area contributed by atoms with Gasteiger partial charge in [0, 0.05) is 50.6 Å². The summed E-state index contributed by atoms with van der Waals surface area (Å²) in [6.07, 6.45) is 0. The Morgan fingerprint density at radius 3 is 1.11 bits per heavy atom. The van der Waals surface area contributed by atoms with E-state index in [1.54, 1.807) is 0 Å². The molecular weight excluding hydrogens is 865 g/mol. The van der Waals surface area contributed by atoms with Crippen LogP contribution in [0.5, 0.6) is 0 Å². The maximum Gasteiger partial charge on any atom is 0.164 e. The average molecular weight is 909 g/mol. The zero-order valence-corrected chi connectivity index (χ0v) is 39.1. The molecule has 2 atom stereocenters. The highest BCUT2D eigenvalue weighted by Gasteiger charge is 2.42. The summed E-state index contributed by atoms with van der Waals surface area (Å²) in [5.74, 6) is 3.90. The molecule has 0 aliphatic heterocycles. The highest BCUT2D eigenvalue weighted by atomic mass is 15.0. The Morgan fingerprint density at radius 2 is 0.606 bits per heavy atom. The minimum absolute atomic E-state index is 0.0183. The van der Waals surface area contributed by atoms with Crippen molar-refractivity contribution in [1.29, 1.82) is 0 Å². The Kier molecular flexibility index (Phi) is 9.27. The molecule has 2 aromatic heterocycles. The van der Waals surface area contributed by atoms with Crippen molar-refractivity contribution in [2.75, 3.05) is 0 Å². The third-order valence-corrected chi connectivity index (χ3v) is 15.0. The summed E-state index contributed by atoms with van der Waals surface area (Å²) in [6.45, 7) is 4.65. The minimum atomic E-state index is -0.0503. The first kappa shape index (κ1) is 41.0. The molecule has 6 heteroatoms. The number of hydrogen-bond acceptors (Lipinski definition) is 6. The molecule has 9 aromatic carbocycles. The van der Waals surface area contributed by atoms with Crippen LogP contribution >= 0.6 is 0 Å². The van der Waals surface area contributed by atoms with E-state index in [0.717, 1.165) is 44.5 Å². The summed E-state index contributed by atoms with van der Waals surface area (Å²) in [6, 6.07) is 77.5. The molecule has 334 valence electrons. The first-order valence-electron chi connectivity index (χ1n) is 24.3. The van der Waals surface area contributed by atoms with Crippen LogP contribution in [0.3, 0.4) is 0 Å². The number of benzene rings is 9.